The summed E-state index contributed by atoms with van der Waals surface area (Å²) in [7, 11) is 0. The Balaban J connectivity index is 1.60. The fourth-order valence-corrected chi connectivity index (χ4v) is 3.57. The van der Waals surface area contributed by atoms with Crippen molar-refractivity contribution in [2.75, 3.05) is 26.2 Å². The maximum Gasteiger partial charge on any atom is 0.416 e. The Morgan fingerprint density at radius 3 is 2.41 bits per heavy atom. The van der Waals surface area contributed by atoms with Crippen LogP contribution in [0.2, 0.25) is 0 Å². The second kappa shape index (κ2) is 9.18. The van der Waals surface area contributed by atoms with Crippen molar-refractivity contribution in [1.29, 1.82) is 0 Å². The van der Waals surface area contributed by atoms with Gasteiger partial charge >= 0.3 is 11.9 Å². The number of alkyl halides is 5. The zero-order chi connectivity index (χ0) is 23.6. The zero-order valence-corrected chi connectivity index (χ0v) is 17.0. The Hall–Kier alpha value is -3.09. The molecular weight excluding hydrogens is 441 g/mol. The van der Waals surface area contributed by atoms with Crippen molar-refractivity contribution in [2.45, 2.75) is 32.6 Å². The highest BCUT2D eigenvalue weighted by molar-refractivity contribution is 5.76. The van der Waals surface area contributed by atoms with Gasteiger partial charge in [-0.15, -0.1) is 0 Å². The lowest BCUT2D eigenvalue weighted by Gasteiger charge is -2.34. The smallest absolute Gasteiger partial charge is 0.339 e. The highest BCUT2D eigenvalue weighted by Crippen LogP contribution is 2.31. The Bertz CT molecular complexity index is 1000. The second-order valence-electron chi connectivity index (χ2n) is 7.39. The van der Waals surface area contributed by atoms with Crippen LogP contribution in [0.4, 0.5) is 27.6 Å². The van der Waals surface area contributed by atoms with Crippen LogP contribution < -0.4 is 0 Å². The van der Waals surface area contributed by atoms with Gasteiger partial charge in [0, 0.05) is 32.7 Å². The van der Waals surface area contributed by atoms with Crippen molar-refractivity contribution < 1.29 is 31.7 Å². The molecule has 1 aliphatic heterocycles. The average Bonchev–Trinajstić information content (AvgIpc) is 3.05. The molecule has 0 aliphatic carbocycles. The Kier molecular flexibility index (Phi) is 6.77. The minimum Gasteiger partial charge on any atom is -0.339 e. The van der Waals surface area contributed by atoms with E-state index in [1.807, 2.05) is 4.90 Å². The molecule has 0 saturated carbocycles. The molecule has 32 heavy (non-hydrogen) atoms. The molecule has 0 unspecified atom stereocenters. The summed E-state index contributed by atoms with van der Waals surface area (Å²) in [6.07, 6.45) is -7.57. The first-order valence-electron chi connectivity index (χ1n) is 9.63. The molecule has 1 saturated heterocycles. The van der Waals surface area contributed by atoms with Crippen molar-refractivity contribution in [3.8, 4) is 0 Å². The minimum absolute atomic E-state index is 0.137. The lowest BCUT2D eigenvalue weighted by atomic mass is 10.1. The molecule has 0 spiro atoms. The molecule has 1 aromatic carbocycles. The van der Waals surface area contributed by atoms with E-state index < -0.39 is 46.9 Å². The summed E-state index contributed by atoms with van der Waals surface area (Å²) in [5, 5.41) is 14.6. The van der Waals surface area contributed by atoms with Gasteiger partial charge in [0.25, 0.3) is 6.43 Å². The summed E-state index contributed by atoms with van der Waals surface area (Å²) in [6.45, 7) is 2.48. The normalized spacial score (nSPS) is 15.4. The van der Waals surface area contributed by atoms with Crippen LogP contribution in [0, 0.1) is 17.0 Å². The lowest BCUT2D eigenvalue weighted by Crippen LogP contribution is -2.49. The summed E-state index contributed by atoms with van der Waals surface area (Å²) in [5.74, 6) is -0.440. The van der Waals surface area contributed by atoms with Crippen LogP contribution in [-0.4, -0.2) is 56.6 Å². The molecule has 1 amide bonds. The maximum atomic E-state index is 13.0. The van der Waals surface area contributed by atoms with Crippen LogP contribution >= 0.6 is 0 Å². The first-order chi connectivity index (χ1) is 15.0. The van der Waals surface area contributed by atoms with Crippen LogP contribution in [0.25, 0.3) is 0 Å². The van der Waals surface area contributed by atoms with E-state index in [-0.39, 0.29) is 25.3 Å². The first-order valence-corrected chi connectivity index (χ1v) is 9.63. The number of carbonyl (C=O) groups excluding carboxylic acids is 1. The largest absolute Gasteiger partial charge is 0.416 e. The number of amides is 1. The average molecular weight is 461 g/mol. The summed E-state index contributed by atoms with van der Waals surface area (Å²) >= 11 is 0. The van der Waals surface area contributed by atoms with Crippen molar-refractivity contribution >= 4 is 11.6 Å². The van der Waals surface area contributed by atoms with E-state index in [4.69, 9.17) is 0 Å². The number of carbonyl (C=O) groups is 1. The minimum atomic E-state index is -4.43. The van der Waals surface area contributed by atoms with Gasteiger partial charge in [-0.1, -0.05) is 18.2 Å². The van der Waals surface area contributed by atoms with Gasteiger partial charge in [0.2, 0.25) is 11.6 Å². The predicted octanol–water partition coefficient (Wildman–Crippen LogP) is 3.40. The number of halogens is 5. The zero-order valence-electron chi connectivity index (χ0n) is 17.0. The molecule has 13 heteroatoms. The monoisotopic (exact) mass is 461 g/mol. The number of nitrogens with zero attached hydrogens (tertiary/aromatic N) is 5. The first kappa shape index (κ1) is 23.6. The number of piperazine rings is 1. The van der Waals surface area contributed by atoms with Crippen molar-refractivity contribution in [3.63, 3.8) is 0 Å². The predicted molar refractivity (Wildman–Crippen MR) is 102 cm³/mol. The van der Waals surface area contributed by atoms with E-state index in [1.165, 1.54) is 17.9 Å². The number of nitro groups is 1. The third-order valence-corrected chi connectivity index (χ3v) is 5.26. The Labute approximate surface area is 179 Å². The highest BCUT2D eigenvalue weighted by Gasteiger charge is 2.33. The molecule has 8 nitrogen and oxygen atoms in total. The van der Waals surface area contributed by atoms with Gasteiger partial charge in [-0.2, -0.15) is 18.3 Å². The molecular formula is C19H20F5N5O3. The Morgan fingerprint density at radius 1 is 1.22 bits per heavy atom. The molecule has 0 radical (unpaired) electrons. The van der Waals surface area contributed by atoms with Crippen LogP contribution in [-0.2, 0) is 24.1 Å². The summed E-state index contributed by atoms with van der Waals surface area (Å²) in [4.78, 5) is 26.1. The number of benzene rings is 1. The van der Waals surface area contributed by atoms with Gasteiger partial charge in [0.1, 0.15) is 12.2 Å². The standard InChI is InChI=1S/C19H20F5N5O3/c1-12-17(29(31)32)16(18(20)21)25-28(12)11-15(30)27-7-5-26(6-8-27)10-13-3-2-4-14(9-13)19(22,23)24/h2-4,9,18H,5-8,10-11H2,1H3. The van der Waals surface area contributed by atoms with Gasteiger partial charge in [-0.25, -0.2) is 8.78 Å². The molecule has 0 N–H and O–H groups in total. The summed E-state index contributed by atoms with van der Waals surface area (Å²) < 4.78 is 65.6. The quantitative estimate of drug-likeness (QED) is 0.374. The molecule has 1 aliphatic rings. The van der Waals surface area contributed by atoms with Gasteiger partial charge in [-0.05, 0) is 18.6 Å². The van der Waals surface area contributed by atoms with Gasteiger partial charge in [0.15, 0.2) is 0 Å². The molecule has 3 rings (SSSR count). The molecule has 1 fully saturated rings. The molecule has 2 aromatic rings. The van der Waals surface area contributed by atoms with Crippen molar-refractivity contribution in [3.05, 3.63) is 56.9 Å². The third kappa shape index (κ3) is 5.21. The van der Waals surface area contributed by atoms with Crippen LogP contribution in [0.1, 0.15) is 28.9 Å². The number of rotatable bonds is 6. The lowest BCUT2D eigenvalue weighted by molar-refractivity contribution is -0.386. The molecule has 0 bridgehead atoms. The maximum absolute atomic E-state index is 13.0. The van der Waals surface area contributed by atoms with E-state index in [2.05, 4.69) is 5.10 Å². The van der Waals surface area contributed by atoms with E-state index >= 15 is 0 Å². The van der Waals surface area contributed by atoms with Crippen LogP contribution in [0.5, 0.6) is 0 Å². The second-order valence-corrected chi connectivity index (χ2v) is 7.39. The molecule has 1 aromatic heterocycles. The number of aromatic nitrogens is 2. The van der Waals surface area contributed by atoms with Crippen LogP contribution in [0.3, 0.4) is 0 Å². The number of hydrogen-bond acceptors (Lipinski definition) is 5. The van der Waals surface area contributed by atoms with E-state index in [1.54, 1.807) is 6.07 Å². The van der Waals surface area contributed by atoms with Crippen molar-refractivity contribution in [2.24, 2.45) is 0 Å². The van der Waals surface area contributed by atoms with E-state index in [0.717, 1.165) is 16.8 Å². The van der Waals surface area contributed by atoms with E-state index in [9.17, 15) is 36.9 Å². The van der Waals surface area contributed by atoms with Gasteiger partial charge in [0.05, 0.1) is 10.5 Å². The summed E-state index contributed by atoms with van der Waals surface area (Å²) in [6, 6.07) is 5.03. The Morgan fingerprint density at radius 2 is 1.88 bits per heavy atom. The topological polar surface area (TPSA) is 84.5 Å². The third-order valence-electron chi connectivity index (χ3n) is 5.26. The fourth-order valence-electron chi connectivity index (χ4n) is 3.57. The fraction of sp³-hybridized carbons (Fsp3) is 0.474. The van der Waals surface area contributed by atoms with Crippen molar-refractivity contribution in [1.82, 2.24) is 19.6 Å². The van der Waals surface area contributed by atoms with Gasteiger partial charge < -0.3 is 4.90 Å². The van der Waals surface area contributed by atoms with Gasteiger partial charge in [-0.3, -0.25) is 24.5 Å². The highest BCUT2D eigenvalue weighted by atomic mass is 19.4. The van der Waals surface area contributed by atoms with E-state index in [0.29, 0.717) is 18.7 Å². The molecule has 0 atom stereocenters. The molecule has 2 heterocycles. The number of hydrogen-bond donors (Lipinski definition) is 0. The molecule has 174 valence electrons. The SMILES string of the molecule is Cc1c([N+](=O)[O-])c(C(F)F)nn1CC(=O)N1CCN(Cc2cccc(C(F)(F)F)c2)CC1. The summed E-state index contributed by atoms with van der Waals surface area (Å²) in [5.41, 5.74) is -2.15. The van der Waals surface area contributed by atoms with Crippen LogP contribution in [0.15, 0.2) is 24.3 Å².